The first-order valence-electron chi connectivity index (χ1n) is 55.0. The van der Waals surface area contributed by atoms with Crippen LogP contribution in [0.3, 0.4) is 0 Å². The third kappa shape index (κ3) is 52.5. The Hall–Kier alpha value is -8.25. The van der Waals surface area contributed by atoms with E-state index in [1.165, 1.54) is 193 Å². The number of carbonyl (C=O) groups is 3. The molecule has 0 spiro atoms. The maximum atomic E-state index is 11.9. The molecule has 16 nitrogen and oxygen atoms in total. The highest BCUT2D eigenvalue weighted by molar-refractivity contribution is 5.97. The number of carbonyl (C=O) groups excluding carboxylic acids is 3. The molecule has 16 heteroatoms. The van der Waals surface area contributed by atoms with E-state index >= 15 is 0 Å². The van der Waals surface area contributed by atoms with E-state index < -0.39 is 6.10 Å². The summed E-state index contributed by atoms with van der Waals surface area (Å²) in [6, 6.07) is 54.5. The van der Waals surface area contributed by atoms with Gasteiger partial charge in [-0.1, -0.05) is 316 Å². The van der Waals surface area contributed by atoms with E-state index in [0.717, 1.165) is 214 Å². The van der Waals surface area contributed by atoms with Gasteiger partial charge in [0.1, 0.15) is 40.2 Å². The van der Waals surface area contributed by atoms with Crippen molar-refractivity contribution < 1.29 is 73.1 Å². The van der Waals surface area contributed by atoms with Crippen molar-refractivity contribution in [1.82, 2.24) is 5.32 Å². The molecule has 0 aromatic heterocycles. The first-order valence-corrected chi connectivity index (χ1v) is 55.0. The average Bonchev–Trinajstić information content (AvgIpc) is 1.71. The molecular weight excluding hydrogens is 1720 g/mol. The SMILES string of the molecule is CC(=O)NCCC(O)c1cccc(OCC2CCCCCC2)c1.CCCC(=O)c1cccc(OCC(CCC)CCC)c1.CCCC(=O)c1cccc(OCC2CCCCCC2)c1.CCCC(CCC)COc1cccc(C(O)CCC)c1.CCCC(O)c1cccc(OCC(CC)CC)c1.CCCC(O)c1cccc(OCC2CCCC2)c1.CCCC(O)c1cccc(OCC2CCCCC2)c1. The fraction of sp³-hybridized carbons (Fsp3) is 0.631. The largest absolute Gasteiger partial charge is 0.493 e. The van der Waals surface area contributed by atoms with Gasteiger partial charge in [-0.05, 0) is 276 Å². The number of Topliss-reactive ketones (excluding diaryl/α,β-unsaturated/α-hetero) is 2. The van der Waals surface area contributed by atoms with Gasteiger partial charge in [0.05, 0.1) is 76.8 Å². The molecule has 4 aliphatic carbocycles. The quantitative estimate of drug-likeness (QED) is 0.0154. The average molecular weight is 1910 g/mol. The molecule has 7 aromatic carbocycles. The number of aliphatic hydroxyl groups is 5. The highest BCUT2D eigenvalue weighted by Crippen LogP contribution is 2.34. The number of benzene rings is 7. The zero-order chi connectivity index (χ0) is 100.0. The zero-order valence-electron chi connectivity index (χ0n) is 88.2. The number of ether oxygens (including phenoxy) is 7. The second kappa shape index (κ2) is 75.6. The summed E-state index contributed by atoms with van der Waals surface area (Å²) in [5, 5.41) is 52.9. The molecule has 138 heavy (non-hydrogen) atoms. The van der Waals surface area contributed by atoms with Crippen molar-refractivity contribution in [2.24, 2.45) is 41.4 Å². The monoisotopic (exact) mass is 1910 g/mol. The summed E-state index contributed by atoms with van der Waals surface area (Å²) in [6.45, 7) is 33.2. The third-order valence-electron chi connectivity index (χ3n) is 27.0. The summed E-state index contributed by atoms with van der Waals surface area (Å²) in [5.41, 5.74) is 6.26. The lowest BCUT2D eigenvalue weighted by atomic mass is 9.90. The van der Waals surface area contributed by atoms with E-state index in [1.54, 1.807) is 0 Å². The Morgan fingerprint density at radius 2 is 0.500 bits per heavy atom. The van der Waals surface area contributed by atoms with Crippen LogP contribution in [0.5, 0.6) is 40.2 Å². The topological polar surface area (TPSA) is 229 Å². The van der Waals surface area contributed by atoms with Crippen molar-refractivity contribution in [2.45, 2.75) is 403 Å². The number of ketones is 2. The van der Waals surface area contributed by atoms with Crippen LogP contribution in [-0.4, -0.2) is 95.8 Å². The van der Waals surface area contributed by atoms with Gasteiger partial charge in [0.25, 0.3) is 0 Å². The molecule has 6 N–H and O–H groups in total. The summed E-state index contributed by atoms with van der Waals surface area (Å²) in [4.78, 5) is 34.6. The van der Waals surface area contributed by atoms with Crippen LogP contribution in [0.4, 0.5) is 0 Å². The van der Waals surface area contributed by atoms with Crippen molar-refractivity contribution >= 4 is 17.5 Å². The van der Waals surface area contributed by atoms with E-state index in [0.29, 0.717) is 55.4 Å². The molecule has 0 aliphatic heterocycles. The minimum absolute atomic E-state index is 0.0716. The molecule has 5 atom stereocenters. The number of amides is 1. The molecule has 772 valence electrons. The lowest BCUT2D eigenvalue weighted by molar-refractivity contribution is -0.119. The van der Waals surface area contributed by atoms with E-state index in [1.807, 2.05) is 184 Å². The van der Waals surface area contributed by atoms with Crippen LogP contribution in [0.1, 0.15) is 452 Å². The number of rotatable bonds is 53. The second-order valence-electron chi connectivity index (χ2n) is 39.4. The summed E-state index contributed by atoms with van der Waals surface area (Å²) >= 11 is 0. The first-order chi connectivity index (χ1) is 67.1. The smallest absolute Gasteiger partial charge is 0.216 e. The molecule has 5 unspecified atom stereocenters. The summed E-state index contributed by atoms with van der Waals surface area (Å²) < 4.78 is 41.3. The van der Waals surface area contributed by atoms with Crippen LogP contribution >= 0.6 is 0 Å². The van der Waals surface area contributed by atoms with Crippen LogP contribution in [0, 0.1) is 41.4 Å². The van der Waals surface area contributed by atoms with Gasteiger partial charge in [-0.25, -0.2) is 0 Å². The van der Waals surface area contributed by atoms with E-state index in [9.17, 15) is 39.9 Å². The van der Waals surface area contributed by atoms with Gasteiger partial charge in [-0.3, -0.25) is 14.4 Å². The molecule has 11 rings (SSSR count). The molecular formula is C122H189NO15. The molecule has 4 fully saturated rings. The van der Waals surface area contributed by atoms with Gasteiger partial charge in [0, 0.05) is 37.4 Å². The van der Waals surface area contributed by atoms with Crippen LogP contribution in [-0.2, 0) is 4.79 Å². The van der Waals surface area contributed by atoms with Gasteiger partial charge in [0.15, 0.2) is 11.6 Å². The van der Waals surface area contributed by atoms with Gasteiger partial charge >= 0.3 is 0 Å². The zero-order valence-corrected chi connectivity index (χ0v) is 88.2. The molecule has 0 saturated heterocycles. The Morgan fingerprint density at radius 3 is 0.754 bits per heavy atom. The van der Waals surface area contributed by atoms with Crippen molar-refractivity contribution in [2.75, 3.05) is 52.8 Å². The highest BCUT2D eigenvalue weighted by Gasteiger charge is 2.22. The van der Waals surface area contributed by atoms with Crippen molar-refractivity contribution in [3.8, 4) is 40.2 Å². The number of hydrogen-bond acceptors (Lipinski definition) is 15. The Bertz CT molecular complexity index is 4080. The molecule has 0 bridgehead atoms. The lowest BCUT2D eigenvalue weighted by Crippen LogP contribution is -2.22. The molecule has 7 aromatic rings. The predicted octanol–water partition coefficient (Wildman–Crippen LogP) is 31.9. The highest BCUT2D eigenvalue weighted by atomic mass is 16.5. The van der Waals surface area contributed by atoms with Gasteiger partial charge in [-0.15, -0.1) is 0 Å². The molecule has 0 radical (unpaired) electrons. The van der Waals surface area contributed by atoms with Crippen LogP contribution in [0.2, 0.25) is 0 Å². The summed E-state index contributed by atoms with van der Waals surface area (Å²) in [6.07, 6.45) is 48.5. The van der Waals surface area contributed by atoms with Gasteiger partial charge < -0.3 is 64.0 Å². The van der Waals surface area contributed by atoms with E-state index in [4.69, 9.17) is 33.2 Å². The number of hydrogen-bond donors (Lipinski definition) is 6. The lowest BCUT2D eigenvalue weighted by Gasteiger charge is -2.22. The Morgan fingerprint density at radius 1 is 0.275 bits per heavy atom. The van der Waals surface area contributed by atoms with Crippen molar-refractivity contribution in [1.29, 1.82) is 0 Å². The second-order valence-corrected chi connectivity index (χ2v) is 39.4. The maximum absolute atomic E-state index is 11.9. The summed E-state index contributed by atoms with van der Waals surface area (Å²) in [5.74, 6) is 11.1. The van der Waals surface area contributed by atoms with Crippen LogP contribution in [0.25, 0.3) is 0 Å². The van der Waals surface area contributed by atoms with Gasteiger partial charge in [-0.2, -0.15) is 0 Å². The fourth-order valence-corrected chi connectivity index (χ4v) is 18.5. The third-order valence-corrected chi connectivity index (χ3v) is 27.0. The van der Waals surface area contributed by atoms with Crippen LogP contribution < -0.4 is 38.5 Å². The number of nitrogens with one attached hydrogen (secondary N) is 1. The fourth-order valence-electron chi connectivity index (χ4n) is 18.5. The predicted molar refractivity (Wildman–Crippen MR) is 571 cm³/mol. The van der Waals surface area contributed by atoms with E-state index in [-0.39, 0.29) is 41.9 Å². The maximum Gasteiger partial charge on any atom is 0.216 e. The van der Waals surface area contributed by atoms with Gasteiger partial charge in [0.2, 0.25) is 5.91 Å². The molecule has 4 saturated carbocycles. The molecule has 0 heterocycles. The normalized spacial score (nSPS) is 15.2. The first kappa shape index (κ1) is 120. The van der Waals surface area contributed by atoms with Crippen molar-refractivity contribution in [3.05, 3.63) is 209 Å². The molecule has 4 aliphatic rings. The summed E-state index contributed by atoms with van der Waals surface area (Å²) in [7, 11) is 0. The van der Waals surface area contributed by atoms with Crippen molar-refractivity contribution in [3.63, 3.8) is 0 Å². The van der Waals surface area contributed by atoms with E-state index in [2.05, 4.69) is 74.6 Å². The standard InChI is InChI=1S/C19H29NO3.C18H26O2.C18H30O2.C18H28O2.C17H26O2.C16H24O2.C16H26O2/c1-15(21)20-12-11-19(22)17-9-6-10-18(13-17)23-14-16-7-4-2-3-5-8-16;1-2-8-18(19)16-11-7-12-17(13-16)20-14-15-9-5-3-4-6-10-15;2*1-4-8-15(9-5-2)14-20-17-12-7-11-16(13-17)18(19)10-6-3;1-2-7-17(18)15-10-6-11-16(12-15)19-13-14-8-4-3-5-9-14;1-2-6-16(17)14-9-5-10-15(11-14)18-12-13-7-3-4-8-13;1-4-8-16(17)14-9-7-10-15(11-14)18-12-13(5-2)6-3/h6,9-10,13,16,19,22H,2-5,7-8,11-12,14H2,1H3,(H,20,21);7,11-13,15H,2-6,8-10,14H2,1H3;7,11-13,15,18-19H,4-6,8-10,14H2,1-3H3;7,11-13,15H,4-6,8-10,14H2,1-3H3;6,10-12,14,17-18H,2-5,7-9,13H2,1H3;5,9-11,13,16-17H,2-4,6-8,12H2,1H3;7,9-11,13,16-17H,4-6,8,12H2,1-3H3. The minimum atomic E-state index is -0.580. The van der Waals surface area contributed by atoms with Crippen LogP contribution in [0.15, 0.2) is 170 Å². The minimum Gasteiger partial charge on any atom is -0.493 e. The number of aliphatic hydroxyl groups excluding tert-OH is 5. The Kier molecular flexibility index (Phi) is 65.8. The Labute approximate surface area is 837 Å². The molecule has 1 amide bonds. The Balaban J connectivity index is 0.000000284.